The largest absolute Gasteiger partial charge is 2.00 e. The minimum Gasteiger partial charge on any atom is -0.546 e. The molecule has 0 rings (SSSR count). The van der Waals surface area contributed by atoms with Gasteiger partial charge in [0.15, 0.2) is 0 Å². The van der Waals surface area contributed by atoms with Crippen molar-refractivity contribution in [3.05, 3.63) is 0 Å². The summed E-state index contributed by atoms with van der Waals surface area (Å²) in [4.78, 5) is 38.7. The maximum Gasteiger partial charge on any atom is 2.00 e. The van der Waals surface area contributed by atoms with E-state index in [-0.39, 0.29) is 21.7 Å². The predicted molar refractivity (Wildman–Crippen MR) is 43.3 cm³/mol. The van der Waals surface area contributed by atoms with Gasteiger partial charge in [-0.15, -0.1) is 0 Å². The third kappa shape index (κ3) is 31.3. The molecule has 0 unspecified atom stereocenters. The Labute approximate surface area is 112 Å². The number of carbonyl (C=O) groups excluding carboxylic acids is 4. The second-order valence-corrected chi connectivity index (χ2v) is 2.30. The van der Waals surface area contributed by atoms with Gasteiger partial charge < -0.3 is 29.3 Å². The SMILES string of the molecule is CC(=O)OCC(=O)[O-].CC(=O)OCC(=O)[O-].[Ti+2]. The molecule has 0 aliphatic rings. The number of carbonyl (C=O) groups is 4. The van der Waals surface area contributed by atoms with Gasteiger partial charge >= 0.3 is 33.7 Å². The van der Waals surface area contributed by atoms with Crippen LogP contribution in [-0.2, 0) is 50.4 Å². The van der Waals surface area contributed by atoms with Crippen LogP contribution in [0.5, 0.6) is 0 Å². The number of carboxylic acids is 2. The molecule has 0 aromatic carbocycles. The van der Waals surface area contributed by atoms with E-state index in [9.17, 15) is 29.4 Å². The molecule has 0 aliphatic carbocycles. The summed E-state index contributed by atoms with van der Waals surface area (Å²) in [6, 6.07) is 0. The van der Waals surface area contributed by atoms with Crippen molar-refractivity contribution in [3.63, 3.8) is 0 Å². The number of hydrogen-bond donors (Lipinski definition) is 0. The summed E-state index contributed by atoms with van der Waals surface area (Å²) >= 11 is 0. The summed E-state index contributed by atoms with van der Waals surface area (Å²) in [6.45, 7) is 0.941. The standard InChI is InChI=1S/2C4H6O4.Ti/c2*1-3(5)8-2-4(6)7;/h2*2H2,1H3,(H,6,7);/q;;+2/p-2. The quantitative estimate of drug-likeness (QED) is 0.384. The van der Waals surface area contributed by atoms with Gasteiger partial charge in [-0.3, -0.25) is 9.59 Å². The Morgan fingerprint density at radius 1 is 0.824 bits per heavy atom. The van der Waals surface area contributed by atoms with E-state index in [0.29, 0.717) is 0 Å². The molecule has 0 aromatic heterocycles. The third-order valence-electron chi connectivity index (χ3n) is 0.787. The molecule has 0 fully saturated rings. The van der Waals surface area contributed by atoms with E-state index in [1.807, 2.05) is 0 Å². The Morgan fingerprint density at radius 2 is 1.06 bits per heavy atom. The van der Waals surface area contributed by atoms with Crippen LogP contribution in [-0.4, -0.2) is 37.1 Å². The molecule has 9 heteroatoms. The van der Waals surface area contributed by atoms with Crippen molar-refractivity contribution in [3.8, 4) is 0 Å². The smallest absolute Gasteiger partial charge is 0.546 e. The minimum atomic E-state index is -1.39. The Hall–Kier alpha value is -1.41. The molecule has 0 amide bonds. The first-order chi connectivity index (χ1) is 7.25. The zero-order valence-corrected chi connectivity index (χ0v) is 10.7. The molecule has 0 aromatic rings. The fourth-order valence-electron chi connectivity index (χ4n) is 0.321. The number of hydrogen-bond acceptors (Lipinski definition) is 8. The molecule has 0 atom stereocenters. The van der Waals surface area contributed by atoms with Crippen LogP contribution in [0.2, 0.25) is 0 Å². The zero-order valence-electron chi connectivity index (χ0n) is 9.18. The second-order valence-electron chi connectivity index (χ2n) is 2.30. The van der Waals surface area contributed by atoms with Gasteiger partial charge in [0, 0.05) is 13.8 Å². The van der Waals surface area contributed by atoms with Crippen LogP contribution in [0.15, 0.2) is 0 Å². The average Bonchev–Trinajstić information content (AvgIpc) is 2.12. The van der Waals surface area contributed by atoms with Crippen LogP contribution in [0.25, 0.3) is 0 Å². The molecule has 0 heterocycles. The van der Waals surface area contributed by atoms with Gasteiger partial charge in [-0.1, -0.05) is 0 Å². The summed E-state index contributed by atoms with van der Waals surface area (Å²) in [5, 5.41) is 19.0. The Kier molecular flexibility index (Phi) is 15.6. The first-order valence-corrected chi connectivity index (χ1v) is 3.92. The first-order valence-electron chi connectivity index (χ1n) is 3.92. The third-order valence-corrected chi connectivity index (χ3v) is 0.787. The van der Waals surface area contributed by atoms with Gasteiger partial charge in [0.25, 0.3) is 0 Å². The monoisotopic (exact) mass is 282 g/mol. The van der Waals surface area contributed by atoms with Gasteiger partial charge in [0.05, 0.1) is 11.9 Å². The summed E-state index contributed by atoms with van der Waals surface area (Å²) in [6.07, 6.45) is 0. The fourth-order valence-corrected chi connectivity index (χ4v) is 0.321. The van der Waals surface area contributed by atoms with Crippen LogP contribution in [0.4, 0.5) is 0 Å². The van der Waals surface area contributed by atoms with E-state index in [2.05, 4.69) is 9.47 Å². The van der Waals surface area contributed by atoms with Crippen LogP contribution in [0.1, 0.15) is 13.8 Å². The van der Waals surface area contributed by atoms with Gasteiger partial charge in [-0.2, -0.15) is 0 Å². The van der Waals surface area contributed by atoms with E-state index in [1.165, 1.54) is 0 Å². The maximum absolute atomic E-state index is 9.83. The van der Waals surface area contributed by atoms with Gasteiger partial charge in [0.1, 0.15) is 13.2 Å². The number of carboxylic acid groups (broad SMARTS) is 2. The molecule has 0 bridgehead atoms. The van der Waals surface area contributed by atoms with Crippen molar-refractivity contribution in [1.82, 2.24) is 0 Å². The molecule has 8 nitrogen and oxygen atoms in total. The second kappa shape index (κ2) is 12.7. The van der Waals surface area contributed by atoms with E-state index >= 15 is 0 Å². The number of ether oxygens (including phenoxy) is 2. The van der Waals surface area contributed by atoms with Gasteiger partial charge in [-0.05, 0) is 0 Å². The fraction of sp³-hybridized carbons (Fsp3) is 0.500. The molecule has 17 heavy (non-hydrogen) atoms. The molecular weight excluding hydrogens is 272 g/mol. The molecule has 0 saturated carbocycles. The Morgan fingerprint density at radius 3 is 1.12 bits per heavy atom. The van der Waals surface area contributed by atoms with Crippen LogP contribution in [0.3, 0.4) is 0 Å². The summed E-state index contributed by atoms with van der Waals surface area (Å²) in [5.41, 5.74) is 0. The summed E-state index contributed by atoms with van der Waals surface area (Å²) < 4.78 is 8.00. The molecule has 0 N–H and O–H groups in total. The summed E-state index contributed by atoms with van der Waals surface area (Å²) in [5.74, 6) is -4.01. The number of esters is 2. The number of rotatable bonds is 4. The van der Waals surface area contributed by atoms with E-state index < -0.39 is 37.1 Å². The molecule has 94 valence electrons. The van der Waals surface area contributed by atoms with E-state index in [0.717, 1.165) is 13.8 Å². The molecule has 0 aliphatic heterocycles. The van der Waals surface area contributed by atoms with Crippen LogP contribution < -0.4 is 10.2 Å². The molecular formula is C8H10O8Ti. The van der Waals surface area contributed by atoms with Crippen molar-refractivity contribution in [2.75, 3.05) is 13.2 Å². The van der Waals surface area contributed by atoms with Crippen molar-refractivity contribution in [1.29, 1.82) is 0 Å². The Bertz CT molecular complexity index is 219. The normalized spacial score (nSPS) is 7.65. The topological polar surface area (TPSA) is 133 Å². The summed E-state index contributed by atoms with van der Waals surface area (Å²) in [7, 11) is 0. The predicted octanol–water partition coefficient (Wildman–Crippen LogP) is -3.40. The Balaban J connectivity index is -0.000000218. The van der Waals surface area contributed by atoms with E-state index in [4.69, 9.17) is 0 Å². The van der Waals surface area contributed by atoms with Gasteiger partial charge in [0.2, 0.25) is 0 Å². The average molecular weight is 282 g/mol. The maximum atomic E-state index is 9.83. The van der Waals surface area contributed by atoms with Crippen molar-refractivity contribution >= 4 is 23.9 Å². The van der Waals surface area contributed by atoms with Crippen molar-refractivity contribution < 1.29 is 60.6 Å². The van der Waals surface area contributed by atoms with Crippen LogP contribution >= 0.6 is 0 Å². The molecule has 0 radical (unpaired) electrons. The molecule has 0 spiro atoms. The van der Waals surface area contributed by atoms with Crippen molar-refractivity contribution in [2.24, 2.45) is 0 Å². The van der Waals surface area contributed by atoms with E-state index in [1.54, 1.807) is 0 Å². The molecule has 0 saturated heterocycles. The minimum absolute atomic E-state index is 0. The first kappa shape index (κ1) is 20.9. The van der Waals surface area contributed by atoms with Gasteiger partial charge in [-0.25, -0.2) is 0 Å². The van der Waals surface area contributed by atoms with Crippen LogP contribution in [0, 0.1) is 0 Å². The van der Waals surface area contributed by atoms with Crippen molar-refractivity contribution in [2.45, 2.75) is 13.8 Å². The zero-order chi connectivity index (χ0) is 13.1. The number of aliphatic carboxylic acids is 2.